The van der Waals surface area contributed by atoms with Crippen LogP contribution in [0, 0.1) is 6.92 Å². The van der Waals surface area contributed by atoms with Gasteiger partial charge in [0.1, 0.15) is 10.5 Å². The van der Waals surface area contributed by atoms with Crippen LogP contribution in [0.3, 0.4) is 0 Å². The molecular formula is C18H15F2N5OS. The first-order valence-electron chi connectivity index (χ1n) is 8.06. The number of nitrogens with one attached hydrogen (secondary N) is 2. The number of aromatic nitrogens is 4. The van der Waals surface area contributed by atoms with E-state index in [-0.39, 0.29) is 5.65 Å². The number of H-pyrrole nitrogens is 1. The fourth-order valence-electron chi connectivity index (χ4n) is 2.78. The van der Waals surface area contributed by atoms with Gasteiger partial charge < -0.3 is 15.0 Å². The third kappa shape index (κ3) is 3.21. The Morgan fingerprint density at radius 3 is 2.74 bits per heavy atom. The molecule has 3 heterocycles. The highest BCUT2D eigenvalue weighted by Crippen LogP contribution is 2.39. The lowest BCUT2D eigenvalue weighted by Gasteiger charge is -2.14. The number of nitrogens with zero attached hydrogens (tertiary/aromatic N) is 3. The van der Waals surface area contributed by atoms with Gasteiger partial charge >= 0.3 is 0 Å². The number of aryl methyl sites for hydroxylation is 1. The number of anilines is 2. The zero-order valence-electron chi connectivity index (χ0n) is 14.5. The number of pyridine rings is 1. The van der Waals surface area contributed by atoms with Crippen LogP contribution in [0.2, 0.25) is 0 Å². The molecule has 0 aliphatic carbocycles. The largest absolute Gasteiger partial charge is 0.494 e. The number of benzene rings is 1. The van der Waals surface area contributed by atoms with Crippen molar-refractivity contribution < 1.29 is 13.5 Å². The predicted octanol–water partition coefficient (Wildman–Crippen LogP) is 5.08. The van der Waals surface area contributed by atoms with Gasteiger partial charge in [0, 0.05) is 17.3 Å². The highest BCUT2D eigenvalue weighted by atomic mass is 32.1. The minimum absolute atomic E-state index is 0.223. The standard InChI is InChI=1S/C18H15F2N5OS/c1-9-8-27-18(22-9)10-4-3-5-12(14(10)26-2)23-11-6-7-21-16-13(11)24-17(25-16)15(19)20/h3-8,15H,1-2H3,(H2,21,23,24,25). The molecule has 0 spiro atoms. The number of fused-ring (bicyclic) bond motifs is 1. The number of alkyl halides is 2. The van der Waals surface area contributed by atoms with Crippen molar-refractivity contribution in [1.82, 2.24) is 19.9 Å². The van der Waals surface area contributed by atoms with Crippen LogP contribution in [0.5, 0.6) is 5.75 Å². The molecule has 0 fully saturated rings. The first-order chi connectivity index (χ1) is 13.1. The molecule has 0 amide bonds. The van der Waals surface area contributed by atoms with E-state index in [1.807, 2.05) is 30.5 Å². The third-order valence-electron chi connectivity index (χ3n) is 3.96. The van der Waals surface area contributed by atoms with Gasteiger partial charge in [0.05, 0.1) is 24.0 Å². The Labute approximate surface area is 157 Å². The molecule has 3 aromatic heterocycles. The van der Waals surface area contributed by atoms with Crippen molar-refractivity contribution in [2.45, 2.75) is 13.3 Å². The van der Waals surface area contributed by atoms with Crippen LogP contribution in [-0.2, 0) is 0 Å². The summed E-state index contributed by atoms with van der Waals surface area (Å²) in [6, 6.07) is 7.34. The Bertz CT molecular complexity index is 1110. The number of hydrogen-bond acceptors (Lipinski definition) is 6. The van der Waals surface area contributed by atoms with Crippen molar-refractivity contribution in [3.05, 3.63) is 47.4 Å². The van der Waals surface area contributed by atoms with Gasteiger partial charge in [-0.15, -0.1) is 11.3 Å². The first-order valence-corrected chi connectivity index (χ1v) is 8.94. The van der Waals surface area contributed by atoms with Crippen LogP contribution in [0.4, 0.5) is 20.2 Å². The van der Waals surface area contributed by atoms with E-state index in [0.29, 0.717) is 22.6 Å². The van der Waals surface area contributed by atoms with Crippen LogP contribution in [0.15, 0.2) is 35.8 Å². The molecular weight excluding hydrogens is 372 g/mol. The van der Waals surface area contributed by atoms with Crippen molar-refractivity contribution in [3.63, 3.8) is 0 Å². The maximum Gasteiger partial charge on any atom is 0.295 e. The van der Waals surface area contributed by atoms with Gasteiger partial charge in [0.15, 0.2) is 17.2 Å². The Hall–Kier alpha value is -3.07. The van der Waals surface area contributed by atoms with E-state index in [4.69, 9.17) is 4.74 Å². The smallest absolute Gasteiger partial charge is 0.295 e. The minimum atomic E-state index is -2.70. The molecule has 0 aliphatic rings. The fraction of sp³-hybridized carbons (Fsp3) is 0.167. The van der Waals surface area contributed by atoms with Crippen molar-refractivity contribution in [1.29, 1.82) is 0 Å². The monoisotopic (exact) mass is 387 g/mol. The van der Waals surface area contributed by atoms with E-state index >= 15 is 0 Å². The first kappa shape index (κ1) is 17.3. The highest BCUT2D eigenvalue weighted by Gasteiger charge is 2.17. The van der Waals surface area contributed by atoms with Crippen LogP contribution in [0.25, 0.3) is 21.7 Å². The summed E-state index contributed by atoms with van der Waals surface area (Å²) in [4.78, 5) is 15.0. The molecule has 0 aliphatic heterocycles. The Balaban J connectivity index is 1.78. The number of para-hydroxylation sites is 1. The molecule has 27 heavy (non-hydrogen) atoms. The number of hydrogen-bond donors (Lipinski definition) is 2. The molecule has 4 rings (SSSR count). The molecule has 0 atom stereocenters. The number of thiazole rings is 1. The van der Waals surface area contributed by atoms with Crippen molar-refractivity contribution in [2.75, 3.05) is 12.4 Å². The topological polar surface area (TPSA) is 75.7 Å². The SMILES string of the molecule is COc1c(Nc2ccnc3nc(C(F)F)[nH]c23)cccc1-c1nc(C)cs1. The third-order valence-corrected chi connectivity index (χ3v) is 4.95. The van der Waals surface area contributed by atoms with Crippen LogP contribution >= 0.6 is 11.3 Å². The average molecular weight is 387 g/mol. The number of imidazole rings is 1. The van der Waals surface area contributed by atoms with Gasteiger partial charge in [-0.1, -0.05) is 6.07 Å². The summed E-state index contributed by atoms with van der Waals surface area (Å²) in [5, 5.41) is 6.04. The highest BCUT2D eigenvalue weighted by molar-refractivity contribution is 7.13. The summed E-state index contributed by atoms with van der Waals surface area (Å²) in [7, 11) is 1.58. The Morgan fingerprint density at radius 1 is 1.19 bits per heavy atom. The van der Waals surface area contributed by atoms with Crippen LogP contribution < -0.4 is 10.1 Å². The summed E-state index contributed by atoms with van der Waals surface area (Å²) in [5.74, 6) is 0.205. The second-order valence-corrected chi connectivity index (χ2v) is 6.64. The van der Waals surface area contributed by atoms with E-state index in [1.54, 1.807) is 13.2 Å². The molecule has 2 N–H and O–H groups in total. The van der Waals surface area contributed by atoms with Gasteiger partial charge in [0.25, 0.3) is 6.43 Å². The Morgan fingerprint density at radius 2 is 2.04 bits per heavy atom. The van der Waals surface area contributed by atoms with Gasteiger partial charge in [-0.2, -0.15) is 0 Å². The van der Waals surface area contributed by atoms with E-state index in [2.05, 4.69) is 25.3 Å². The second-order valence-electron chi connectivity index (χ2n) is 5.79. The van der Waals surface area contributed by atoms with Gasteiger partial charge in [-0.05, 0) is 25.1 Å². The molecule has 0 saturated carbocycles. The number of ether oxygens (including phenoxy) is 1. The predicted molar refractivity (Wildman–Crippen MR) is 101 cm³/mol. The molecule has 1 aromatic carbocycles. The second kappa shape index (κ2) is 6.92. The number of halogens is 2. The number of methoxy groups -OCH3 is 1. The molecule has 9 heteroatoms. The molecule has 138 valence electrons. The van der Waals surface area contributed by atoms with E-state index < -0.39 is 12.2 Å². The van der Waals surface area contributed by atoms with Crippen molar-refractivity contribution in [2.24, 2.45) is 0 Å². The zero-order chi connectivity index (χ0) is 19.0. The van der Waals surface area contributed by atoms with Crippen LogP contribution in [0.1, 0.15) is 17.9 Å². The lowest BCUT2D eigenvalue weighted by molar-refractivity contribution is 0.142. The maximum atomic E-state index is 13.0. The Kier molecular flexibility index (Phi) is 4.44. The van der Waals surface area contributed by atoms with Gasteiger partial charge in [0.2, 0.25) is 0 Å². The normalized spacial score (nSPS) is 11.3. The van der Waals surface area contributed by atoms with Gasteiger partial charge in [-0.3, -0.25) is 0 Å². The summed E-state index contributed by atoms with van der Waals surface area (Å²) in [6.07, 6.45) is -1.18. The molecule has 4 aromatic rings. The molecule has 0 bridgehead atoms. The van der Waals surface area contributed by atoms with Crippen molar-refractivity contribution >= 4 is 33.9 Å². The van der Waals surface area contributed by atoms with E-state index in [0.717, 1.165) is 16.3 Å². The molecule has 0 unspecified atom stereocenters. The lowest BCUT2D eigenvalue weighted by atomic mass is 10.1. The van der Waals surface area contributed by atoms with E-state index in [9.17, 15) is 8.78 Å². The zero-order valence-corrected chi connectivity index (χ0v) is 15.3. The summed E-state index contributed by atoms with van der Waals surface area (Å²) >= 11 is 1.53. The minimum Gasteiger partial charge on any atom is -0.494 e. The molecule has 0 radical (unpaired) electrons. The number of aromatic amines is 1. The van der Waals surface area contributed by atoms with Crippen LogP contribution in [-0.4, -0.2) is 27.0 Å². The van der Waals surface area contributed by atoms with E-state index in [1.165, 1.54) is 17.5 Å². The number of rotatable bonds is 5. The molecule has 6 nitrogen and oxygen atoms in total. The quantitative estimate of drug-likeness (QED) is 0.499. The summed E-state index contributed by atoms with van der Waals surface area (Å²) in [6.45, 7) is 1.93. The summed E-state index contributed by atoms with van der Waals surface area (Å²) in [5.41, 5.74) is 3.67. The average Bonchev–Trinajstić information content (AvgIpc) is 3.28. The molecule has 0 saturated heterocycles. The van der Waals surface area contributed by atoms with Gasteiger partial charge in [-0.25, -0.2) is 23.7 Å². The lowest BCUT2D eigenvalue weighted by Crippen LogP contribution is -1.97. The van der Waals surface area contributed by atoms with Crippen molar-refractivity contribution in [3.8, 4) is 16.3 Å². The summed E-state index contributed by atoms with van der Waals surface area (Å²) < 4.78 is 31.5. The fourth-order valence-corrected chi connectivity index (χ4v) is 3.60. The maximum absolute atomic E-state index is 13.0.